The maximum Gasteiger partial charge on any atom is 0.222 e. The Morgan fingerprint density at radius 3 is 2.89 bits per heavy atom. The molecule has 5 heteroatoms. The lowest BCUT2D eigenvalue weighted by Gasteiger charge is -2.09. The molecule has 1 N–H and O–H groups in total. The molecule has 0 aliphatic rings. The molecule has 1 aromatic carbocycles. The van der Waals surface area contributed by atoms with Crippen molar-refractivity contribution in [3.8, 4) is 17.7 Å². The molecular formula is C14H11FN2O2. The summed E-state index contributed by atoms with van der Waals surface area (Å²) in [4.78, 5) is 4.04. The number of nitriles is 1. The van der Waals surface area contributed by atoms with Gasteiger partial charge in [-0.2, -0.15) is 5.26 Å². The van der Waals surface area contributed by atoms with E-state index in [1.807, 2.05) is 0 Å². The largest absolute Gasteiger partial charge is 0.437 e. The zero-order valence-electron chi connectivity index (χ0n) is 10.2. The summed E-state index contributed by atoms with van der Waals surface area (Å²) >= 11 is 0. The van der Waals surface area contributed by atoms with Gasteiger partial charge in [-0.3, -0.25) is 0 Å². The summed E-state index contributed by atoms with van der Waals surface area (Å²) in [5.74, 6) is -0.237. The van der Waals surface area contributed by atoms with Crippen molar-refractivity contribution in [2.75, 3.05) is 0 Å². The number of rotatable bonds is 3. The van der Waals surface area contributed by atoms with E-state index in [9.17, 15) is 4.39 Å². The van der Waals surface area contributed by atoms with Crippen LogP contribution in [0.25, 0.3) is 0 Å². The molecule has 2 aromatic rings. The predicted molar refractivity (Wildman–Crippen MR) is 66.1 cm³/mol. The zero-order chi connectivity index (χ0) is 13.8. The molecule has 0 saturated heterocycles. The topological polar surface area (TPSA) is 66.1 Å². The quantitative estimate of drug-likeness (QED) is 0.919. The average molecular weight is 258 g/mol. The lowest BCUT2D eigenvalue weighted by molar-refractivity contribution is 0.281. The van der Waals surface area contributed by atoms with Crippen LogP contribution in [0.3, 0.4) is 0 Å². The van der Waals surface area contributed by atoms with Crippen LogP contribution in [0.2, 0.25) is 0 Å². The Bertz CT molecular complexity index is 650. The first kappa shape index (κ1) is 13.0. The van der Waals surface area contributed by atoms with E-state index in [0.717, 1.165) is 0 Å². The number of benzene rings is 1. The third-order valence-corrected chi connectivity index (χ3v) is 2.56. The molecule has 1 aromatic heterocycles. The third kappa shape index (κ3) is 2.69. The molecular weight excluding hydrogens is 247 g/mol. The van der Waals surface area contributed by atoms with Crippen molar-refractivity contribution in [1.82, 2.24) is 4.98 Å². The first-order valence-electron chi connectivity index (χ1n) is 5.58. The number of halogens is 1. The molecule has 19 heavy (non-hydrogen) atoms. The normalized spacial score (nSPS) is 10.0. The van der Waals surface area contributed by atoms with E-state index in [1.165, 1.54) is 24.4 Å². The SMILES string of the molecule is Cc1cc(CO)cnc1Oc1cccc(F)c1C#N. The van der Waals surface area contributed by atoms with Crippen LogP contribution >= 0.6 is 0 Å². The highest BCUT2D eigenvalue weighted by Crippen LogP contribution is 2.27. The van der Waals surface area contributed by atoms with Crippen LogP contribution in [0.5, 0.6) is 11.6 Å². The van der Waals surface area contributed by atoms with Gasteiger partial charge in [0, 0.05) is 11.8 Å². The van der Waals surface area contributed by atoms with E-state index < -0.39 is 5.82 Å². The molecule has 0 amide bonds. The molecule has 0 bridgehead atoms. The fraction of sp³-hybridized carbons (Fsp3) is 0.143. The minimum atomic E-state index is -0.635. The van der Waals surface area contributed by atoms with Crippen LogP contribution in [0, 0.1) is 24.1 Å². The van der Waals surface area contributed by atoms with Gasteiger partial charge >= 0.3 is 0 Å². The Kier molecular flexibility index (Phi) is 3.74. The van der Waals surface area contributed by atoms with Gasteiger partial charge in [-0.05, 0) is 30.7 Å². The summed E-state index contributed by atoms with van der Waals surface area (Å²) in [6.07, 6.45) is 1.47. The minimum absolute atomic E-state index is 0.114. The number of aliphatic hydroxyl groups is 1. The third-order valence-electron chi connectivity index (χ3n) is 2.56. The molecule has 0 unspecified atom stereocenters. The number of hydrogen-bond donors (Lipinski definition) is 1. The fourth-order valence-corrected chi connectivity index (χ4v) is 1.62. The average Bonchev–Trinajstić information content (AvgIpc) is 2.41. The molecule has 4 nitrogen and oxygen atoms in total. The summed E-state index contributed by atoms with van der Waals surface area (Å²) in [5.41, 5.74) is 1.19. The van der Waals surface area contributed by atoms with Gasteiger partial charge in [0.2, 0.25) is 5.88 Å². The Morgan fingerprint density at radius 1 is 1.47 bits per heavy atom. The van der Waals surface area contributed by atoms with Gasteiger partial charge in [-0.25, -0.2) is 9.37 Å². The van der Waals surface area contributed by atoms with Crippen molar-refractivity contribution >= 4 is 0 Å². The maximum atomic E-state index is 13.4. The lowest BCUT2D eigenvalue weighted by Crippen LogP contribution is -1.97. The molecule has 1 heterocycles. The lowest BCUT2D eigenvalue weighted by atomic mass is 10.2. The van der Waals surface area contributed by atoms with Gasteiger partial charge in [-0.15, -0.1) is 0 Å². The van der Waals surface area contributed by atoms with Gasteiger partial charge in [0.05, 0.1) is 6.61 Å². The van der Waals surface area contributed by atoms with Crippen LogP contribution < -0.4 is 4.74 Å². The summed E-state index contributed by atoms with van der Waals surface area (Å²) < 4.78 is 18.9. The molecule has 0 radical (unpaired) electrons. The van der Waals surface area contributed by atoms with Crippen LogP contribution in [-0.4, -0.2) is 10.1 Å². The second-order valence-electron chi connectivity index (χ2n) is 3.95. The van der Waals surface area contributed by atoms with Crippen molar-refractivity contribution < 1.29 is 14.2 Å². The van der Waals surface area contributed by atoms with E-state index in [4.69, 9.17) is 15.1 Å². The van der Waals surface area contributed by atoms with Crippen molar-refractivity contribution in [2.24, 2.45) is 0 Å². The number of pyridine rings is 1. The highest BCUT2D eigenvalue weighted by Gasteiger charge is 2.11. The maximum absolute atomic E-state index is 13.4. The summed E-state index contributed by atoms with van der Waals surface area (Å²) in [5, 5.41) is 17.9. The van der Waals surface area contributed by atoms with Gasteiger partial charge in [0.15, 0.2) is 0 Å². The van der Waals surface area contributed by atoms with E-state index in [2.05, 4.69) is 4.98 Å². The van der Waals surface area contributed by atoms with E-state index in [0.29, 0.717) is 11.1 Å². The predicted octanol–water partition coefficient (Wildman–Crippen LogP) is 2.69. The van der Waals surface area contributed by atoms with E-state index in [1.54, 1.807) is 19.1 Å². The van der Waals surface area contributed by atoms with Gasteiger partial charge in [0.25, 0.3) is 0 Å². The van der Waals surface area contributed by atoms with Crippen molar-refractivity contribution in [3.63, 3.8) is 0 Å². The van der Waals surface area contributed by atoms with Crippen molar-refractivity contribution in [1.29, 1.82) is 5.26 Å². The molecule has 0 fully saturated rings. The van der Waals surface area contributed by atoms with Gasteiger partial charge in [-0.1, -0.05) is 6.07 Å². The zero-order valence-corrected chi connectivity index (χ0v) is 10.2. The van der Waals surface area contributed by atoms with Crippen LogP contribution in [-0.2, 0) is 6.61 Å². The fourth-order valence-electron chi connectivity index (χ4n) is 1.62. The van der Waals surface area contributed by atoms with Crippen LogP contribution in [0.1, 0.15) is 16.7 Å². The number of aryl methyl sites for hydroxylation is 1. The smallest absolute Gasteiger partial charge is 0.222 e. The Hall–Kier alpha value is -2.45. The Morgan fingerprint density at radius 2 is 2.26 bits per heavy atom. The standard InChI is InChI=1S/C14H11FN2O2/c1-9-5-10(8-18)7-17-14(9)19-13-4-2-3-12(15)11(13)6-16/h2-5,7,18H,8H2,1H3. The molecule has 0 saturated carbocycles. The molecule has 0 atom stereocenters. The summed E-state index contributed by atoms with van der Waals surface area (Å²) in [6, 6.07) is 7.63. The van der Waals surface area contributed by atoms with Crippen LogP contribution in [0.15, 0.2) is 30.5 Å². The van der Waals surface area contributed by atoms with E-state index >= 15 is 0 Å². The Balaban J connectivity index is 2.37. The van der Waals surface area contributed by atoms with Crippen LogP contribution in [0.4, 0.5) is 4.39 Å². The summed E-state index contributed by atoms with van der Waals surface area (Å²) in [6.45, 7) is 1.64. The highest BCUT2D eigenvalue weighted by molar-refractivity contribution is 5.46. The monoisotopic (exact) mass is 258 g/mol. The first-order chi connectivity index (χ1) is 9.15. The minimum Gasteiger partial charge on any atom is -0.437 e. The first-order valence-corrected chi connectivity index (χ1v) is 5.58. The van der Waals surface area contributed by atoms with Gasteiger partial charge in [0.1, 0.15) is 23.2 Å². The number of aromatic nitrogens is 1. The summed E-state index contributed by atoms with van der Waals surface area (Å²) in [7, 11) is 0. The molecule has 2 rings (SSSR count). The number of hydrogen-bond acceptors (Lipinski definition) is 4. The molecule has 0 spiro atoms. The molecule has 0 aliphatic carbocycles. The molecule has 0 aliphatic heterocycles. The highest BCUT2D eigenvalue weighted by atomic mass is 19.1. The Labute approximate surface area is 109 Å². The second-order valence-corrected chi connectivity index (χ2v) is 3.95. The van der Waals surface area contributed by atoms with Crippen molar-refractivity contribution in [2.45, 2.75) is 13.5 Å². The van der Waals surface area contributed by atoms with Gasteiger partial charge < -0.3 is 9.84 Å². The number of nitrogens with zero attached hydrogens (tertiary/aromatic N) is 2. The van der Waals surface area contributed by atoms with E-state index in [-0.39, 0.29) is 23.8 Å². The number of aliphatic hydroxyl groups excluding tert-OH is 1. The molecule has 96 valence electrons. The number of ether oxygens (including phenoxy) is 1. The second kappa shape index (κ2) is 5.46. The van der Waals surface area contributed by atoms with Crippen molar-refractivity contribution in [3.05, 3.63) is 53.0 Å².